The minimum absolute atomic E-state index is 0.116. The van der Waals surface area contributed by atoms with E-state index in [-0.39, 0.29) is 16.2 Å². The number of aromatic hydroxyl groups is 2. The first-order valence-corrected chi connectivity index (χ1v) is 10.2. The molecule has 0 radical (unpaired) electrons. The Labute approximate surface area is 171 Å². The molecule has 0 saturated carbocycles. The van der Waals surface area contributed by atoms with Crippen LogP contribution in [-0.4, -0.2) is 10.2 Å². The molecule has 0 spiro atoms. The fourth-order valence-corrected chi connectivity index (χ4v) is 3.69. The molecule has 0 aliphatic rings. The van der Waals surface area contributed by atoms with Crippen molar-refractivity contribution in [3.05, 3.63) is 57.6 Å². The quantitative estimate of drug-likeness (QED) is 0.593. The molecule has 154 valence electrons. The molecule has 2 aromatic rings. The van der Waals surface area contributed by atoms with Gasteiger partial charge in [0.05, 0.1) is 0 Å². The van der Waals surface area contributed by atoms with Crippen LogP contribution >= 0.6 is 0 Å². The second kappa shape index (κ2) is 7.13. The van der Waals surface area contributed by atoms with Crippen molar-refractivity contribution in [1.29, 1.82) is 0 Å². The van der Waals surface area contributed by atoms with E-state index >= 15 is 0 Å². The molecular formula is C26H38O2. The van der Waals surface area contributed by atoms with E-state index in [1.807, 2.05) is 6.07 Å². The molecule has 0 amide bonds. The van der Waals surface area contributed by atoms with Crippen molar-refractivity contribution >= 4 is 0 Å². The van der Waals surface area contributed by atoms with Crippen molar-refractivity contribution in [2.45, 2.75) is 91.9 Å². The van der Waals surface area contributed by atoms with E-state index < -0.39 is 0 Å². The van der Waals surface area contributed by atoms with E-state index in [9.17, 15) is 10.2 Å². The molecule has 2 aromatic carbocycles. The van der Waals surface area contributed by atoms with Crippen LogP contribution in [0.4, 0.5) is 0 Å². The largest absolute Gasteiger partial charge is 0.508 e. The van der Waals surface area contributed by atoms with Gasteiger partial charge in [-0.15, -0.1) is 0 Å². The van der Waals surface area contributed by atoms with Gasteiger partial charge in [0.15, 0.2) is 0 Å². The second-order valence-corrected chi connectivity index (χ2v) is 11.3. The summed E-state index contributed by atoms with van der Waals surface area (Å²) in [5.74, 6) is 0.784. The van der Waals surface area contributed by atoms with Gasteiger partial charge in [0.2, 0.25) is 0 Å². The van der Waals surface area contributed by atoms with Gasteiger partial charge in [-0.2, -0.15) is 0 Å². The lowest BCUT2D eigenvalue weighted by molar-refractivity contribution is 0.423. The highest BCUT2D eigenvalue weighted by Gasteiger charge is 2.27. The summed E-state index contributed by atoms with van der Waals surface area (Å²) in [7, 11) is 0. The van der Waals surface area contributed by atoms with Crippen molar-refractivity contribution < 1.29 is 10.2 Å². The number of aryl methyl sites for hydroxylation is 1. The summed E-state index contributed by atoms with van der Waals surface area (Å²) in [6.45, 7) is 21.3. The summed E-state index contributed by atoms with van der Waals surface area (Å²) in [5.41, 5.74) is 6.06. The molecule has 0 bridgehead atoms. The summed E-state index contributed by atoms with van der Waals surface area (Å²) < 4.78 is 0. The van der Waals surface area contributed by atoms with E-state index in [2.05, 4.69) is 87.4 Å². The molecule has 2 N–H and O–H groups in total. The molecule has 0 fully saturated rings. The maximum absolute atomic E-state index is 11.0. The summed E-state index contributed by atoms with van der Waals surface area (Å²) in [5, 5.41) is 21.4. The van der Waals surface area contributed by atoms with E-state index in [0.717, 1.165) is 28.7 Å². The van der Waals surface area contributed by atoms with Crippen LogP contribution in [0.2, 0.25) is 0 Å². The molecular weight excluding hydrogens is 344 g/mol. The average molecular weight is 383 g/mol. The van der Waals surface area contributed by atoms with Gasteiger partial charge in [-0.05, 0) is 69.0 Å². The lowest BCUT2D eigenvalue weighted by Gasteiger charge is -2.28. The fraction of sp³-hybridized carbons (Fsp3) is 0.538. The Morgan fingerprint density at radius 1 is 0.643 bits per heavy atom. The van der Waals surface area contributed by atoms with Crippen molar-refractivity contribution in [2.24, 2.45) is 0 Å². The predicted molar refractivity (Wildman–Crippen MR) is 120 cm³/mol. The molecule has 2 heteroatoms. The predicted octanol–water partition coefficient (Wildman–Crippen LogP) is 6.89. The molecule has 28 heavy (non-hydrogen) atoms. The molecule has 0 atom stereocenters. The van der Waals surface area contributed by atoms with Crippen LogP contribution in [-0.2, 0) is 22.7 Å². The van der Waals surface area contributed by atoms with Crippen LogP contribution in [0.15, 0.2) is 24.3 Å². The molecule has 0 unspecified atom stereocenters. The minimum atomic E-state index is -0.138. The Balaban J connectivity index is 2.64. The third-order valence-corrected chi connectivity index (χ3v) is 5.44. The van der Waals surface area contributed by atoms with Crippen LogP contribution in [0.5, 0.6) is 11.5 Å². The number of phenols is 2. The second-order valence-electron chi connectivity index (χ2n) is 11.3. The monoisotopic (exact) mass is 382 g/mol. The van der Waals surface area contributed by atoms with Gasteiger partial charge in [0.1, 0.15) is 11.5 Å². The summed E-state index contributed by atoms with van der Waals surface area (Å²) in [6.07, 6.45) is 0.779. The van der Waals surface area contributed by atoms with E-state index in [4.69, 9.17) is 0 Å². The molecule has 2 nitrogen and oxygen atoms in total. The Bertz CT molecular complexity index is 834. The Morgan fingerprint density at radius 3 is 1.46 bits per heavy atom. The van der Waals surface area contributed by atoms with Crippen molar-refractivity contribution in [2.75, 3.05) is 0 Å². The van der Waals surface area contributed by atoms with Crippen molar-refractivity contribution in [1.82, 2.24) is 0 Å². The van der Waals surface area contributed by atoms with Crippen molar-refractivity contribution in [3.8, 4) is 11.5 Å². The number of benzene rings is 2. The molecule has 0 aliphatic carbocycles. The Hall–Kier alpha value is -1.96. The number of hydrogen-bond acceptors (Lipinski definition) is 2. The maximum Gasteiger partial charge on any atom is 0.123 e. The first kappa shape index (κ1) is 22.3. The van der Waals surface area contributed by atoms with Crippen LogP contribution < -0.4 is 0 Å². The first-order chi connectivity index (χ1) is 12.5. The van der Waals surface area contributed by atoms with Gasteiger partial charge in [0, 0.05) is 0 Å². The molecule has 0 aromatic heterocycles. The van der Waals surface area contributed by atoms with Crippen molar-refractivity contribution in [3.63, 3.8) is 0 Å². The van der Waals surface area contributed by atoms with Gasteiger partial charge < -0.3 is 10.2 Å². The smallest absolute Gasteiger partial charge is 0.123 e. The van der Waals surface area contributed by atoms with Crippen LogP contribution in [0.25, 0.3) is 0 Å². The minimum Gasteiger partial charge on any atom is -0.508 e. The zero-order chi connectivity index (χ0) is 21.7. The van der Waals surface area contributed by atoms with Crippen LogP contribution in [0.3, 0.4) is 0 Å². The molecule has 0 aliphatic heterocycles. The number of hydrogen-bond donors (Lipinski definition) is 2. The number of rotatable bonds is 2. The maximum atomic E-state index is 11.0. The molecule has 0 saturated heterocycles. The van der Waals surface area contributed by atoms with Gasteiger partial charge in [-0.3, -0.25) is 0 Å². The zero-order valence-corrected chi connectivity index (χ0v) is 19.4. The van der Waals surface area contributed by atoms with Gasteiger partial charge in [0.25, 0.3) is 0 Å². The van der Waals surface area contributed by atoms with E-state index in [0.29, 0.717) is 11.5 Å². The standard InChI is InChI=1S/C26H38O2/c1-16-11-22(27)19(24(2,3)4)15-18(16)12-17-13-20(25(5,6)7)23(28)21(14-17)26(8,9)10/h11,13-15,27-28H,12H2,1-10H3. The van der Waals surface area contributed by atoms with Crippen LogP contribution in [0.1, 0.15) is 95.7 Å². The fourth-order valence-electron chi connectivity index (χ4n) is 3.69. The van der Waals surface area contributed by atoms with Gasteiger partial charge >= 0.3 is 0 Å². The lowest BCUT2D eigenvalue weighted by Crippen LogP contribution is -2.18. The molecule has 0 heterocycles. The Kier molecular flexibility index (Phi) is 5.69. The summed E-state index contributed by atoms with van der Waals surface area (Å²) in [6, 6.07) is 8.32. The molecule has 2 rings (SSSR count). The lowest BCUT2D eigenvalue weighted by atomic mass is 9.77. The third-order valence-electron chi connectivity index (χ3n) is 5.44. The number of phenolic OH excluding ortho intramolecular Hbond substituents is 2. The van der Waals surface area contributed by atoms with E-state index in [1.165, 1.54) is 11.1 Å². The van der Waals surface area contributed by atoms with E-state index in [1.54, 1.807) is 0 Å². The highest BCUT2D eigenvalue weighted by molar-refractivity contribution is 5.52. The highest BCUT2D eigenvalue weighted by atomic mass is 16.3. The van der Waals surface area contributed by atoms with Gasteiger partial charge in [-0.1, -0.05) is 80.5 Å². The average Bonchev–Trinajstić information content (AvgIpc) is 2.47. The normalized spacial score (nSPS) is 13.1. The zero-order valence-electron chi connectivity index (χ0n) is 19.4. The third kappa shape index (κ3) is 4.71. The summed E-state index contributed by atoms with van der Waals surface area (Å²) in [4.78, 5) is 0. The summed E-state index contributed by atoms with van der Waals surface area (Å²) >= 11 is 0. The highest BCUT2D eigenvalue weighted by Crippen LogP contribution is 2.41. The van der Waals surface area contributed by atoms with Crippen LogP contribution in [0, 0.1) is 6.92 Å². The Morgan fingerprint density at radius 2 is 1.07 bits per heavy atom. The first-order valence-electron chi connectivity index (χ1n) is 10.2. The topological polar surface area (TPSA) is 40.5 Å². The van der Waals surface area contributed by atoms with Gasteiger partial charge in [-0.25, -0.2) is 0 Å². The SMILES string of the molecule is Cc1cc(O)c(C(C)(C)C)cc1Cc1cc(C(C)(C)C)c(O)c(C(C)(C)C)c1.